The van der Waals surface area contributed by atoms with Crippen LogP contribution in [-0.2, 0) is 9.53 Å². The summed E-state index contributed by atoms with van der Waals surface area (Å²) in [5.41, 5.74) is 1.57. The number of para-hydroxylation sites is 1. The monoisotopic (exact) mass is 389 g/mol. The van der Waals surface area contributed by atoms with Crippen LogP contribution in [0.3, 0.4) is 0 Å². The smallest absolute Gasteiger partial charge is 0.357 e. The summed E-state index contributed by atoms with van der Waals surface area (Å²) < 4.78 is 5.02. The van der Waals surface area contributed by atoms with E-state index in [1.807, 2.05) is 18.2 Å². The number of carbonyl (C=O) groups excluding carboxylic acids is 4. The van der Waals surface area contributed by atoms with Gasteiger partial charge in [-0.1, -0.05) is 24.3 Å². The minimum atomic E-state index is -0.720. The second kappa shape index (κ2) is 7.16. The van der Waals surface area contributed by atoms with Crippen LogP contribution in [0, 0.1) is 0 Å². The van der Waals surface area contributed by atoms with Crippen LogP contribution in [0.4, 0.5) is 5.69 Å². The molecule has 0 saturated heterocycles. The highest BCUT2D eigenvalue weighted by atomic mass is 16.5. The Hall–Kier alpha value is -4.07. The molecule has 0 bridgehead atoms. The third kappa shape index (κ3) is 3.43. The number of pyridine rings is 1. The molecule has 3 amide bonds. The Morgan fingerprint density at radius 3 is 2.59 bits per heavy atom. The maximum absolute atomic E-state index is 12.2. The summed E-state index contributed by atoms with van der Waals surface area (Å²) in [6.07, 6.45) is 0. The van der Waals surface area contributed by atoms with E-state index in [1.54, 1.807) is 12.1 Å². The second-order valence-electron chi connectivity index (χ2n) is 6.44. The van der Waals surface area contributed by atoms with Gasteiger partial charge in [0.1, 0.15) is 5.69 Å². The first-order valence-corrected chi connectivity index (χ1v) is 8.73. The quantitative estimate of drug-likeness (QED) is 0.542. The highest BCUT2D eigenvalue weighted by Gasteiger charge is 2.32. The summed E-state index contributed by atoms with van der Waals surface area (Å²) in [4.78, 5) is 53.4. The largest absolute Gasteiger partial charge is 0.451 e. The van der Waals surface area contributed by atoms with Crippen molar-refractivity contribution in [3.05, 3.63) is 71.4 Å². The highest BCUT2D eigenvalue weighted by Crippen LogP contribution is 2.24. The predicted molar refractivity (Wildman–Crippen MR) is 104 cm³/mol. The molecule has 2 heterocycles. The van der Waals surface area contributed by atoms with Crippen molar-refractivity contribution in [1.82, 2.24) is 9.88 Å². The Morgan fingerprint density at radius 2 is 1.76 bits per heavy atom. The van der Waals surface area contributed by atoms with Gasteiger partial charge in [-0.15, -0.1) is 0 Å². The molecule has 8 nitrogen and oxygen atoms in total. The molecule has 1 aliphatic rings. The molecule has 0 fully saturated rings. The number of rotatable bonds is 4. The van der Waals surface area contributed by atoms with E-state index in [9.17, 15) is 19.2 Å². The van der Waals surface area contributed by atoms with Crippen molar-refractivity contribution in [3.63, 3.8) is 0 Å². The maximum Gasteiger partial charge on any atom is 0.357 e. The van der Waals surface area contributed by atoms with Crippen LogP contribution in [0.1, 0.15) is 31.2 Å². The van der Waals surface area contributed by atoms with Gasteiger partial charge in [-0.3, -0.25) is 19.3 Å². The van der Waals surface area contributed by atoms with Crippen LogP contribution in [0.15, 0.2) is 54.6 Å². The summed E-state index contributed by atoms with van der Waals surface area (Å²) in [5, 5.41) is 3.43. The number of fused-ring (bicyclic) bond motifs is 2. The number of anilines is 1. The summed E-state index contributed by atoms with van der Waals surface area (Å²) in [6, 6.07) is 15.0. The third-order valence-electron chi connectivity index (χ3n) is 4.52. The van der Waals surface area contributed by atoms with Gasteiger partial charge >= 0.3 is 5.97 Å². The Morgan fingerprint density at radius 1 is 1.00 bits per heavy atom. The number of hydrogen-bond acceptors (Lipinski definition) is 6. The Balaban J connectivity index is 1.39. The topological polar surface area (TPSA) is 106 Å². The minimum absolute atomic E-state index is 0.0983. The Kier molecular flexibility index (Phi) is 4.52. The highest BCUT2D eigenvalue weighted by molar-refractivity contribution is 6.21. The molecule has 0 radical (unpaired) electrons. The Labute approximate surface area is 165 Å². The van der Waals surface area contributed by atoms with E-state index in [4.69, 9.17) is 4.74 Å². The molecule has 1 aromatic heterocycles. The lowest BCUT2D eigenvalue weighted by atomic mass is 10.1. The van der Waals surface area contributed by atoms with Gasteiger partial charge in [0.2, 0.25) is 0 Å². The van der Waals surface area contributed by atoms with Crippen molar-refractivity contribution in [2.45, 2.75) is 0 Å². The number of carbonyl (C=O) groups is 4. The number of hydrogen-bond donors (Lipinski definition) is 1. The molecule has 0 unspecified atom stereocenters. The van der Waals surface area contributed by atoms with E-state index in [1.165, 1.54) is 31.3 Å². The van der Waals surface area contributed by atoms with Crippen LogP contribution in [-0.4, -0.2) is 47.2 Å². The molecule has 8 heteroatoms. The van der Waals surface area contributed by atoms with Gasteiger partial charge in [-0.25, -0.2) is 9.78 Å². The summed E-state index contributed by atoms with van der Waals surface area (Å²) in [7, 11) is 1.39. The number of nitrogens with zero attached hydrogens (tertiary/aromatic N) is 2. The van der Waals surface area contributed by atoms with Gasteiger partial charge in [-0.2, -0.15) is 0 Å². The molecule has 1 aliphatic heterocycles. The van der Waals surface area contributed by atoms with Crippen LogP contribution in [0.25, 0.3) is 10.9 Å². The van der Waals surface area contributed by atoms with E-state index >= 15 is 0 Å². The van der Waals surface area contributed by atoms with Crippen molar-refractivity contribution >= 4 is 40.3 Å². The molecule has 29 heavy (non-hydrogen) atoms. The van der Waals surface area contributed by atoms with Gasteiger partial charge in [0.05, 0.1) is 16.6 Å². The molecule has 2 aromatic carbocycles. The fourth-order valence-corrected chi connectivity index (χ4v) is 3.02. The van der Waals surface area contributed by atoms with Crippen LogP contribution in [0.5, 0.6) is 0 Å². The zero-order valence-electron chi connectivity index (χ0n) is 15.3. The van der Waals surface area contributed by atoms with Crippen molar-refractivity contribution in [2.24, 2.45) is 0 Å². The Bertz CT molecular complexity index is 1190. The third-order valence-corrected chi connectivity index (χ3v) is 4.52. The van der Waals surface area contributed by atoms with Gasteiger partial charge in [-0.05, 0) is 30.3 Å². The second-order valence-corrected chi connectivity index (χ2v) is 6.44. The van der Waals surface area contributed by atoms with Gasteiger partial charge in [0.25, 0.3) is 17.7 Å². The summed E-state index contributed by atoms with van der Waals surface area (Å²) in [5.74, 6) is -2.12. The van der Waals surface area contributed by atoms with E-state index < -0.39 is 24.4 Å². The molecular weight excluding hydrogens is 374 g/mol. The van der Waals surface area contributed by atoms with Gasteiger partial charge in [0.15, 0.2) is 6.61 Å². The lowest BCUT2D eigenvalue weighted by molar-refractivity contribution is -0.119. The first-order chi connectivity index (χ1) is 13.9. The lowest BCUT2D eigenvalue weighted by Gasteiger charge is -2.07. The zero-order chi connectivity index (χ0) is 20.5. The molecule has 4 rings (SSSR count). The number of imide groups is 1. The number of nitrogens with one attached hydrogen (secondary N) is 1. The van der Waals surface area contributed by atoms with Crippen LogP contribution >= 0.6 is 0 Å². The van der Waals surface area contributed by atoms with Crippen molar-refractivity contribution in [2.75, 3.05) is 19.0 Å². The van der Waals surface area contributed by atoms with E-state index in [0.29, 0.717) is 11.2 Å². The van der Waals surface area contributed by atoms with Crippen LogP contribution < -0.4 is 5.32 Å². The van der Waals surface area contributed by atoms with E-state index in [2.05, 4.69) is 10.3 Å². The maximum atomic E-state index is 12.2. The van der Waals surface area contributed by atoms with Crippen molar-refractivity contribution in [1.29, 1.82) is 0 Å². The van der Waals surface area contributed by atoms with Crippen LogP contribution in [0.2, 0.25) is 0 Å². The predicted octanol–water partition coefficient (Wildman–Crippen LogP) is 2.26. The normalized spacial score (nSPS) is 12.8. The average molecular weight is 389 g/mol. The summed E-state index contributed by atoms with van der Waals surface area (Å²) in [6.45, 7) is -0.517. The minimum Gasteiger partial charge on any atom is -0.451 e. The lowest BCUT2D eigenvalue weighted by Crippen LogP contribution is -2.24. The number of esters is 1. The van der Waals surface area contributed by atoms with Gasteiger partial charge in [0, 0.05) is 18.1 Å². The van der Waals surface area contributed by atoms with Gasteiger partial charge < -0.3 is 10.1 Å². The zero-order valence-corrected chi connectivity index (χ0v) is 15.3. The average Bonchev–Trinajstić information content (AvgIpc) is 2.95. The summed E-state index contributed by atoms with van der Waals surface area (Å²) >= 11 is 0. The first kappa shape index (κ1) is 18.3. The molecule has 0 atom stereocenters. The number of aromatic nitrogens is 1. The molecule has 0 aliphatic carbocycles. The van der Waals surface area contributed by atoms with Crippen molar-refractivity contribution < 1.29 is 23.9 Å². The fourth-order valence-electron chi connectivity index (χ4n) is 3.02. The first-order valence-electron chi connectivity index (χ1n) is 8.73. The standard InChI is InChI=1S/C21H15N3O5/c1-24-19(26)14-8-7-13(10-15(14)20(24)27)22-18(25)11-29-21(28)17-9-6-12-4-2-3-5-16(12)23-17/h2-10H,11H2,1H3,(H,22,25). The van der Waals surface area contributed by atoms with E-state index in [0.717, 1.165) is 10.3 Å². The number of amides is 3. The fraction of sp³-hybridized carbons (Fsp3) is 0.0952. The molecule has 0 spiro atoms. The SMILES string of the molecule is CN1C(=O)c2ccc(NC(=O)COC(=O)c3ccc4ccccc4n3)cc2C1=O. The molecule has 3 aromatic rings. The van der Waals surface area contributed by atoms with E-state index in [-0.39, 0.29) is 22.7 Å². The molecule has 1 N–H and O–H groups in total. The molecule has 144 valence electrons. The molecule has 0 saturated carbocycles. The van der Waals surface area contributed by atoms with Crippen molar-refractivity contribution in [3.8, 4) is 0 Å². The number of benzene rings is 2. The number of ether oxygens (including phenoxy) is 1. The molecular formula is C21H15N3O5.